The number of benzene rings is 4. The van der Waals surface area contributed by atoms with E-state index in [9.17, 15) is 14.9 Å². The van der Waals surface area contributed by atoms with Gasteiger partial charge in [-0.3, -0.25) is 14.9 Å². The van der Waals surface area contributed by atoms with E-state index in [0.29, 0.717) is 10.9 Å². The van der Waals surface area contributed by atoms with Gasteiger partial charge in [0.1, 0.15) is 0 Å². The number of rotatable bonds is 2. The Hall–Kier alpha value is -3.01. The summed E-state index contributed by atoms with van der Waals surface area (Å²) < 4.78 is 0. The van der Waals surface area contributed by atoms with Gasteiger partial charge in [0, 0.05) is 17.0 Å². The highest BCUT2D eigenvalue weighted by Gasteiger charge is 2.22. The molecule has 0 heterocycles. The molecule has 4 aromatic carbocycles. The zero-order chi connectivity index (χ0) is 15.4. The van der Waals surface area contributed by atoms with Gasteiger partial charge in [-0.2, -0.15) is 0 Å². The Kier molecular flexibility index (Phi) is 2.45. The van der Waals surface area contributed by atoms with Crippen LogP contribution in [0.4, 0.5) is 5.69 Å². The number of ketones is 1. The number of carbonyl (C=O) groups excluding carboxylic acids is 1. The largest absolute Gasteiger partial charge is 0.294 e. The molecular weight excluding hydrogens is 278 g/mol. The number of nitrogens with zero attached hydrogens (tertiary/aromatic N) is 1. The van der Waals surface area contributed by atoms with Crippen LogP contribution in [0.1, 0.15) is 17.3 Å². The first kappa shape index (κ1) is 12.7. The van der Waals surface area contributed by atoms with Crippen molar-refractivity contribution in [2.75, 3.05) is 0 Å². The standard InChI is InChI=1S/C18H11NO3/c1-10(20)14-9-13-4-2-3-11-5-6-12-7-8-15(19(21)22)18(14)17(12)16(11)13/h2-9H,1H3. The second-order valence-corrected chi connectivity index (χ2v) is 5.44. The van der Waals surface area contributed by atoms with Crippen molar-refractivity contribution in [1.29, 1.82) is 0 Å². The lowest BCUT2D eigenvalue weighted by molar-refractivity contribution is -0.383. The van der Waals surface area contributed by atoms with Crippen LogP contribution < -0.4 is 0 Å². The predicted molar refractivity (Wildman–Crippen MR) is 86.8 cm³/mol. The molecule has 0 N–H and O–H groups in total. The summed E-state index contributed by atoms with van der Waals surface area (Å²) in [5.74, 6) is -0.165. The maximum atomic E-state index is 12.1. The number of hydrogen-bond donors (Lipinski definition) is 0. The average Bonchev–Trinajstić information content (AvgIpc) is 2.51. The molecule has 0 aliphatic carbocycles. The Morgan fingerprint density at radius 1 is 0.909 bits per heavy atom. The molecule has 22 heavy (non-hydrogen) atoms. The lowest BCUT2D eigenvalue weighted by Crippen LogP contribution is -1.99. The molecule has 0 radical (unpaired) electrons. The minimum absolute atomic E-state index is 0.0176. The molecule has 0 fully saturated rings. The van der Waals surface area contributed by atoms with Crippen LogP contribution in [-0.2, 0) is 0 Å². The minimum Gasteiger partial charge on any atom is -0.294 e. The Bertz CT molecular complexity index is 1080. The number of Topliss-reactive ketones (excluding diaryl/α,β-unsaturated/α-hetero) is 1. The van der Waals surface area contributed by atoms with E-state index >= 15 is 0 Å². The molecule has 0 saturated carbocycles. The lowest BCUT2D eigenvalue weighted by atomic mass is 9.89. The molecule has 0 atom stereocenters. The van der Waals surface area contributed by atoms with E-state index in [1.54, 1.807) is 12.1 Å². The van der Waals surface area contributed by atoms with Crippen molar-refractivity contribution >= 4 is 43.8 Å². The fourth-order valence-corrected chi connectivity index (χ4v) is 3.26. The van der Waals surface area contributed by atoms with Gasteiger partial charge in [-0.15, -0.1) is 0 Å². The predicted octanol–water partition coefficient (Wildman–Crippen LogP) is 4.69. The molecule has 0 bridgehead atoms. The summed E-state index contributed by atoms with van der Waals surface area (Å²) in [5, 5.41) is 16.5. The van der Waals surface area contributed by atoms with E-state index < -0.39 is 4.92 Å². The molecule has 0 aliphatic rings. The van der Waals surface area contributed by atoms with Gasteiger partial charge in [0.2, 0.25) is 0 Å². The molecule has 4 aromatic rings. The average molecular weight is 289 g/mol. The Morgan fingerprint density at radius 2 is 1.55 bits per heavy atom. The molecule has 0 saturated heterocycles. The summed E-state index contributed by atoms with van der Waals surface area (Å²) in [6, 6.07) is 14.8. The zero-order valence-corrected chi connectivity index (χ0v) is 11.8. The van der Waals surface area contributed by atoms with Crippen LogP contribution in [0.25, 0.3) is 32.3 Å². The Morgan fingerprint density at radius 3 is 2.23 bits per heavy atom. The third kappa shape index (κ3) is 1.55. The van der Waals surface area contributed by atoms with Gasteiger partial charge >= 0.3 is 0 Å². The first-order valence-electron chi connectivity index (χ1n) is 6.94. The summed E-state index contributed by atoms with van der Waals surface area (Å²) in [6.07, 6.45) is 0. The number of non-ortho nitro benzene ring substituents is 1. The summed E-state index contributed by atoms with van der Waals surface area (Å²) in [6.45, 7) is 1.45. The molecule has 4 nitrogen and oxygen atoms in total. The number of hydrogen-bond acceptors (Lipinski definition) is 3. The molecule has 0 aliphatic heterocycles. The van der Waals surface area contributed by atoms with Gasteiger partial charge < -0.3 is 0 Å². The van der Waals surface area contributed by atoms with Crippen LogP contribution in [0.15, 0.2) is 48.5 Å². The topological polar surface area (TPSA) is 60.2 Å². The molecule has 106 valence electrons. The van der Waals surface area contributed by atoms with Gasteiger partial charge in [-0.25, -0.2) is 0 Å². The van der Waals surface area contributed by atoms with Crippen molar-refractivity contribution in [2.24, 2.45) is 0 Å². The molecule has 0 amide bonds. The third-order valence-corrected chi connectivity index (χ3v) is 4.18. The van der Waals surface area contributed by atoms with Crippen molar-refractivity contribution < 1.29 is 9.72 Å². The maximum Gasteiger partial charge on any atom is 0.277 e. The molecule has 4 rings (SSSR count). The number of nitro groups is 1. The van der Waals surface area contributed by atoms with Crippen LogP contribution in [-0.4, -0.2) is 10.7 Å². The Labute approximate surface area is 125 Å². The van der Waals surface area contributed by atoms with Gasteiger partial charge in [0.25, 0.3) is 5.69 Å². The molecular formula is C18H11NO3. The normalized spacial score (nSPS) is 11.5. The van der Waals surface area contributed by atoms with Crippen molar-refractivity contribution in [3.63, 3.8) is 0 Å². The highest BCUT2D eigenvalue weighted by molar-refractivity contribution is 6.29. The maximum absolute atomic E-state index is 12.1. The van der Waals surface area contributed by atoms with Gasteiger partial charge in [0.15, 0.2) is 5.78 Å². The van der Waals surface area contributed by atoms with Crippen molar-refractivity contribution in [3.05, 3.63) is 64.2 Å². The number of nitro benzene ring substituents is 1. The van der Waals surface area contributed by atoms with Crippen LogP contribution in [0.5, 0.6) is 0 Å². The fourth-order valence-electron chi connectivity index (χ4n) is 3.26. The van der Waals surface area contributed by atoms with Crippen LogP contribution in [0, 0.1) is 10.1 Å². The smallest absolute Gasteiger partial charge is 0.277 e. The second kappa shape index (κ2) is 4.24. The quantitative estimate of drug-likeness (QED) is 0.233. The third-order valence-electron chi connectivity index (χ3n) is 4.18. The van der Waals surface area contributed by atoms with E-state index in [1.807, 2.05) is 30.3 Å². The second-order valence-electron chi connectivity index (χ2n) is 5.44. The molecule has 0 aromatic heterocycles. The van der Waals surface area contributed by atoms with E-state index in [1.165, 1.54) is 13.0 Å². The minimum atomic E-state index is -0.418. The molecule has 0 unspecified atom stereocenters. The molecule has 0 spiro atoms. The Balaban J connectivity index is 2.42. The van der Waals surface area contributed by atoms with Crippen LogP contribution >= 0.6 is 0 Å². The summed E-state index contributed by atoms with van der Waals surface area (Å²) in [5.41, 5.74) is 0.388. The first-order valence-corrected chi connectivity index (χ1v) is 6.94. The van der Waals surface area contributed by atoms with Crippen LogP contribution in [0.3, 0.4) is 0 Å². The fraction of sp³-hybridized carbons (Fsp3) is 0.0556. The van der Waals surface area contributed by atoms with Crippen molar-refractivity contribution in [2.45, 2.75) is 6.92 Å². The van der Waals surface area contributed by atoms with Gasteiger partial charge in [0.05, 0.1) is 10.3 Å². The first-order chi connectivity index (χ1) is 10.6. The van der Waals surface area contributed by atoms with E-state index in [0.717, 1.165) is 26.9 Å². The van der Waals surface area contributed by atoms with E-state index in [4.69, 9.17) is 0 Å². The van der Waals surface area contributed by atoms with Crippen LogP contribution in [0.2, 0.25) is 0 Å². The summed E-state index contributed by atoms with van der Waals surface area (Å²) in [7, 11) is 0. The summed E-state index contributed by atoms with van der Waals surface area (Å²) in [4.78, 5) is 23.0. The monoisotopic (exact) mass is 289 g/mol. The highest BCUT2D eigenvalue weighted by atomic mass is 16.6. The highest BCUT2D eigenvalue weighted by Crippen LogP contribution is 2.40. The SMILES string of the molecule is CC(=O)c1cc2cccc3ccc4ccc([N+](=O)[O-])c1c4c32. The van der Waals surface area contributed by atoms with Gasteiger partial charge in [-0.05, 0) is 40.6 Å². The van der Waals surface area contributed by atoms with Gasteiger partial charge in [-0.1, -0.05) is 30.3 Å². The summed E-state index contributed by atoms with van der Waals surface area (Å²) >= 11 is 0. The van der Waals surface area contributed by atoms with Crippen molar-refractivity contribution in [1.82, 2.24) is 0 Å². The van der Waals surface area contributed by atoms with E-state index in [2.05, 4.69) is 0 Å². The van der Waals surface area contributed by atoms with Crippen molar-refractivity contribution in [3.8, 4) is 0 Å². The molecule has 4 heteroatoms. The van der Waals surface area contributed by atoms with E-state index in [-0.39, 0.29) is 11.5 Å². The number of carbonyl (C=O) groups is 1. The zero-order valence-electron chi connectivity index (χ0n) is 11.8. The lowest BCUT2D eigenvalue weighted by Gasteiger charge is -2.13.